The number of carboxylic acids is 1. The maximum Gasteiger partial charge on any atom is 0.327 e. The van der Waals surface area contributed by atoms with Crippen LogP contribution in [0.1, 0.15) is 19.8 Å². The normalized spacial score (nSPS) is 36.8. The molecule has 1 unspecified atom stereocenters. The highest BCUT2D eigenvalue weighted by atomic mass is 32.2. The number of aliphatic carboxylic acids is 1. The second-order valence-electron chi connectivity index (χ2n) is 4.33. The van der Waals surface area contributed by atoms with Crippen molar-refractivity contribution in [1.29, 1.82) is 5.41 Å². The molecule has 1 amide bonds. The van der Waals surface area contributed by atoms with Crippen molar-refractivity contribution in [3.8, 4) is 0 Å². The lowest BCUT2D eigenvalue weighted by molar-refractivity contribution is -0.157. The van der Waals surface area contributed by atoms with Crippen molar-refractivity contribution in [3.63, 3.8) is 0 Å². The molecule has 0 bridgehead atoms. The summed E-state index contributed by atoms with van der Waals surface area (Å²) in [6.07, 6.45) is 0.580. The number of carboxylic acid groups (broad SMARTS) is 1. The summed E-state index contributed by atoms with van der Waals surface area (Å²) >= 11 is 1.43. The van der Waals surface area contributed by atoms with Crippen LogP contribution in [0.2, 0.25) is 0 Å². The van der Waals surface area contributed by atoms with Gasteiger partial charge in [0.15, 0.2) is 0 Å². The molecule has 3 atom stereocenters. The molecule has 0 aliphatic carbocycles. The lowest BCUT2D eigenvalue weighted by Gasteiger charge is -2.36. The molecule has 2 fully saturated rings. The second kappa shape index (κ2) is 3.38. The summed E-state index contributed by atoms with van der Waals surface area (Å²) < 4.78 is -0.686. The van der Waals surface area contributed by atoms with Gasteiger partial charge in [0.1, 0.15) is 6.04 Å². The average Bonchev–Trinajstić information content (AvgIpc) is 2.33. The van der Waals surface area contributed by atoms with Gasteiger partial charge in [-0.25, -0.2) is 4.79 Å². The molecule has 6 nitrogen and oxygen atoms in total. The Labute approximate surface area is 96.7 Å². The first-order valence-corrected chi connectivity index (χ1v) is 5.78. The molecule has 2 saturated heterocycles. The Kier molecular flexibility index (Phi) is 2.37. The number of amidine groups is 1. The fourth-order valence-electron chi connectivity index (χ4n) is 2.38. The summed E-state index contributed by atoms with van der Waals surface area (Å²) in [5, 5.41) is 16.4. The Morgan fingerprint density at radius 1 is 1.81 bits per heavy atom. The maximum absolute atomic E-state index is 11.4. The summed E-state index contributed by atoms with van der Waals surface area (Å²) in [6.45, 7) is 1.75. The average molecular weight is 243 g/mol. The van der Waals surface area contributed by atoms with E-state index in [2.05, 4.69) is 0 Å². The van der Waals surface area contributed by atoms with E-state index in [-0.39, 0.29) is 23.5 Å². The van der Waals surface area contributed by atoms with Gasteiger partial charge in [-0.1, -0.05) is 0 Å². The van der Waals surface area contributed by atoms with Gasteiger partial charge in [0.05, 0.1) is 22.4 Å². The van der Waals surface area contributed by atoms with Crippen molar-refractivity contribution < 1.29 is 14.7 Å². The summed E-state index contributed by atoms with van der Waals surface area (Å²) in [7, 11) is 0. The highest BCUT2D eigenvalue weighted by molar-refractivity contribution is 8.01. The minimum Gasteiger partial charge on any atom is -0.480 e. The molecule has 0 aromatic carbocycles. The number of fused-ring (bicyclic) bond motifs is 1. The molecule has 2 rings (SSSR count). The second-order valence-corrected chi connectivity index (χ2v) is 6.05. The number of rotatable bonds is 3. The number of nitrogens with one attached hydrogen (secondary N) is 1. The number of thioether (sulfide) groups is 1. The van der Waals surface area contributed by atoms with Crippen molar-refractivity contribution in [2.24, 2.45) is 5.73 Å². The van der Waals surface area contributed by atoms with Crippen LogP contribution in [0, 0.1) is 5.41 Å². The van der Waals surface area contributed by atoms with E-state index >= 15 is 0 Å². The molecule has 2 heterocycles. The van der Waals surface area contributed by atoms with Crippen molar-refractivity contribution >= 4 is 29.5 Å². The number of carbonyl (C=O) groups excluding carboxylic acids is 1. The Hall–Kier alpha value is -1.24. The Morgan fingerprint density at radius 2 is 2.44 bits per heavy atom. The molecule has 4 N–H and O–H groups in total. The molecule has 2 aliphatic heterocycles. The zero-order valence-corrected chi connectivity index (χ0v) is 9.58. The SMILES string of the molecule is CC1(CC(=N)N)S[C@@H]2CC(=O)N2[C@H]1C(=O)O. The van der Waals surface area contributed by atoms with Crippen LogP contribution in [0.5, 0.6) is 0 Å². The molecule has 0 aromatic rings. The Morgan fingerprint density at radius 3 is 2.88 bits per heavy atom. The fourth-order valence-corrected chi connectivity index (χ4v) is 4.16. The number of nitrogens with zero attached hydrogens (tertiary/aromatic N) is 1. The van der Waals surface area contributed by atoms with Gasteiger partial charge in [0, 0.05) is 6.42 Å². The lowest BCUT2D eigenvalue weighted by atomic mass is 9.93. The van der Waals surface area contributed by atoms with Gasteiger partial charge in [0.25, 0.3) is 0 Å². The molecule has 0 radical (unpaired) electrons. The number of amides is 1. The minimum atomic E-state index is -1.02. The number of β-lactam (4-membered cyclic amide) rings is 1. The summed E-state index contributed by atoms with van der Waals surface area (Å²) in [5.74, 6) is -1.19. The lowest BCUT2D eigenvalue weighted by Crippen LogP contribution is -2.57. The first kappa shape index (κ1) is 11.3. The van der Waals surface area contributed by atoms with Gasteiger partial charge in [-0.3, -0.25) is 10.2 Å². The topological polar surface area (TPSA) is 107 Å². The number of carbonyl (C=O) groups is 2. The van der Waals surface area contributed by atoms with Crippen LogP contribution < -0.4 is 5.73 Å². The van der Waals surface area contributed by atoms with E-state index < -0.39 is 16.8 Å². The van der Waals surface area contributed by atoms with Gasteiger partial charge in [-0.15, -0.1) is 11.8 Å². The van der Waals surface area contributed by atoms with E-state index in [0.29, 0.717) is 6.42 Å². The van der Waals surface area contributed by atoms with E-state index in [9.17, 15) is 14.7 Å². The molecular weight excluding hydrogens is 230 g/mol. The third-order valence-electron chi connectivity index (χ3n) is 2.98. The van der Waals surface area contributed by atoms with Crippen LogP contribution >= 0.6 is 11.8 Å². The third kappa shape index (κ3) is 1.46. The van der Waals surface area contributed by atoms with Gasteiger partial charge in [-0.05, 0) is 6.92 Å². The molecule has 88 valence electrons. The molecule has 2 aliphatic rings. The smallest absolute Gasteiger partial charge is 0.327 e. The summed E-state index contributed by atoms with van der Waals surface area (Å²) in [5.41, 5.74) is 5.34. The van der Waals surface area contributed by atoms with E-state index in [0.717, 1.165) is 0 Å². The van der Waals surface area contributed by atoms with E-state index in [1.54, 1.807) is 6.92 Å². The number of hydrogen-bond acceptors (Lipinski definition) is 4. The number of nitrogens with two attached hydrogens (primary N) is 1. The maximum atomic E-state index is 11.4. The van der Waals surface area contributed by atoms with E-state index in [4.69, 9.17) is 11.1 Å². The Bertz CT molecular complexity index is 386. The highest BCUT2D eigenvalue weighted by Gasteiger charge is 2.60. The minimum absolute atomic E-state index is 0.0452. The highest BCUT2D eigenvalue weighted by Crippen LogP contribution is 2.52. The predicted octanol–water partition coefficient (Wildman–Crippen LogP) is -0.170. The van der Waals surface area contributed by atoms with Crippen molar-refractivity contribution in [2.75, 3.05) is 0 Å². The van der Waals surface area contributed by atoms with E-state index in [1.807, 2.05) is 0 Å². The van der Waals surface area contributed by atoms with Crippen molar-refractivity contribution in [3.05, 3.63) is 0 Å². The van der Waals surface area contributed by atoms with Crippen LogP contribution in [0.3, 0.4) is 0 Å². The zero-order valence-electron chi connectivity index (χ0n) is 8.77. The quantitative estimate of drug-likeness (QED) is 0.362. The van der Waals surface area contributed by atoms with Crippen LogP contribution in [0.15, 0.2) is 0 Å². The first-order chi connectivity index (χ1) is 7.35. The van der Waals surface area contributed by atoms with Crippen molar-refractivity contribution in [1.82, 2.24) is 4.90 Å². The molecule has 0 saturated carbocycles. The Balaban J connectivity index is 2.28. The van der Waals surface area contributed by atoms with E-state index in [1.165, 1.54) is 16.7 Å². The molecule has 16 heavy (non-hydrogen) atoms. The van der Waals surface area contributed by atoms with Crippen LogP contribution in [-0.4, -0.2) is 43.9 Å². The third-order valence-corrected chi connectivity index (χ3v) is 4.56. The largest absolute Gasteiger partial charge is 0.480 e. The zero-order chi connectivity index (χ0) is 12.1. The predicted molar refractivity (Wildman–Crippen MR) is 59.2 cm³/mol. The van der Waals surface area contributed by atoms with Crippen LogP contribution in [0.4, 0.5) is 0 Å². The summed E-state index contributed by atoms with van der Waals surface area (Å²) in [4.78, 5) is 24.0. The monoisotopic (exact) mass is 243 g/mol. The van der Waals surface area contributed by atoms with Crippen LogP contribution in [-0.2, 0) is 9.59 Å². The van der Waals surface area contributed by atoms with Gasteiger partial charge in [-0.2, -0.15) is 0 Å². The first-order valence-electron chi connectivity index (χ1n) is 4.90. The van der Waals surface area contributed by atoms with Crippen molar-refractivity contribution in [2.45, 2.75) is 35.9 Å². The molecule has 0 spiro atoms. The fraction of sp³-hybridized carbons (Fsp3) is 0.667. The van der Waals surface area contributed by atoms with Crippen LogP contribution in [0.25, 0.3) is 0 Å². The molecular formula is C9H13N3O3S. The standard InChI is InChI=1S/C9H13N3O3S/c1-9(3-4(10)11)7(8(14)15)12-5(13)2-6(12)16-9/h6-7H,2-3H2,1H3,(H3,10,11)(H,14,15)/t6-,7+,9?/m1/s1. The van der Waals surface area contributed by atoms with Gasteiger partial charge < -0.3 is 15.7 Å². The molecule has 7 heteroatoms. The van der Waals surface area contributed by atoms with Gasteiger partial charge >= 0.3 is 5.97 Å². The number of hydrogen-bond donors (Lipinski definition) is 3. The molecule has 0 aromatic heterocycles. The summed E-state index contributed by atoms with van der Waals surface area (Å²) in [6, 6.07) is -0.868. The van der Waals surface area contributed by atoms with Gasteiger partial charge in [0.2, 0.25) is 5.91 Å².